The number of nitrogens with two attached hydrogens (primary N) is 1. The number of rotatable bonds is 2. The average molecular weight is 293 g/mol. The van der Waals surface area contributed by atoms with E-state index >= 15 is 0 Å². The minimum atomic E-state index is -5.04. The minimum absolute atomic E-state index is 0.490. The van der Waals surface area contributed by atoms with Crippen molar-refractivity contribution in [3.63, 3.8) is 0 Å². The summed E-state index contributed by atoms with van der Waals surface area (Å²) in [6, 6.07) is 0.490. The number of anilines is 1. The molecular formula is C6H4ClF3N2O4S. The number of hydrogen-bond acceptors (Lipinski definition) is 5. The van der Waals surface area contributed by atoms with Crippen molar-refractivity contribution in [3.8, 4) is 5.88 Å². The zero-order valence-electron chi connectivity index (χ0n) is 7.71. The number of H-pyrrole nitrogens is 1. The molecule has 0 aliphatic heterocycles. The van der Waals surface area contributed by atoms with Crippen molar-refractivity contribution >= 4 is 25.4 Å². The van der Waals surface area contributed by atoms with Gasteiger partial charge in [0.15, 0.2) is 4.90 Å². The summed E-state index contributed by atoms with van der Waals surface area (Å²) in [7, 11) is 0.406. The lowest BCUT2D eigenvalue weighted by molar-refractivity contribution is -0.276. The zero-order valence-corrected chi connectivity index (χ0v) is 9.28. The van der Waals surface area contributed by atoms with Crippen molar-refractivity contribution in [3.05, 3.63) is 16.4 Å². The molecule has 1 heterocycles. The molecule has 0 aliphatic carbocycles. The van der Waals surface area contributed by atoms with Crippen molar-refractivity contribution in [2.45, 2.75) is 11.3 Å². The Morgan fingerprint density at radius 2 is 1.94 bits per heavy atom. The highest BCUT2D eigenvalue weighted by Crippen LogP contribution is 2.24. The molecule has 0 unspecified atom stereocenters. The molecule has 1 aromatic rings. The van der Waals surface area contributed by atoms with Crippen LogP contribution in [0.15, 0.2) is 15.8 Å². The van der Waals surface area contributed by atoms with E-state index in [9.17, 15) is 26.4 Å². The number of hydrogen-bond donors (Lipinski definition) is 2. The van der Waals surface area contributed by atoms with Crippen LogP contribution in [0, 0.1) is 0 Å². The number of alkyl halides is 3. The quantitative estimate of drug-likeness (QED) is 0.784. The van der Waals surface area contributed by atoms with Crippen molar-refractivity contribution < 1.29 is 26.3 Å². The molecule has 1 aromatic heterocycles. The molecule has 6 nitrogen and oxygen atoms in total. The van der Waals surface area contributed by atoms with Gasteiger partial charge in [0.1, 0.15) is 0 Å². The molecule has 96 valence electrons. The molecular weight excluding hydrogens is 289 g/mol. The lowest BCUT2D eigenvalue weighted by Gasteiger charge is -2.09. The fourth-order valence-corrected chi connectivity index (χ4v) is 2.06. The minimum Gasteiger partial charge on any atom is -0.397 e. The first kappa shape index (κ1) is 13.6. The highest BCUT2D eigenvalue weighted by molar-refractivity contribution is 8.13. The van der Waals surface area contributed by atoms with E-state index in [1.54, 1.807) is 0 Å². The van der Waals surface area contributed by atoms with Gasteiger partial charge >= 0.3 is 6.36 Å². The molecule has 0 saturated carbocycles. The Morgan fingerprint density at radius 3 is 2.29 bits per heavy atom. The Balaban J connectivity index is 3.35. The predicted octanol–water partition coefficient (Wildman–Crippen LogP) is 0.783. The average Bonchev–Trinajstić information content (AvgIpc) is 1.94. The number of nitrogens with one attached hydrogen (secondary N) is 1. The molecule has 0 fully saturated rings. The zero-order chi connectivity index (χ0) is 13.4. The molecule has 17 heavy (non-hydrogen) atoms. The van der Waals surface area contributed by atoms with Crippen LogP contribution in [0.4, 0.5) is 18.9 Å². The highest BCUT2D eigenvalue weighted by atomic mass is 35.7. The number of pyridine rings is 1. The molecule has 0 saturated heterocycles. The summed E-state index contributed by atoms with van der Waals surface area (Å²) in [4.78, 5) is 11.7. The summed E-state index contributed by atoms with van der Waals surface area (Å²) in [6.07, 6.45) is -5.04. The maximum absolute atomic E-state index is 11.8. The number of ether oxygens (including phenoxy) is 1. The topological polar surface area (TPSA) is 102 Å². The number of nitrogen functional groups attached to an aromatic ring is 1. The number of halogens is 4. The van der Waals surface area contributed by atoms with Crippen LogP contribution in [0.3, 0.4) is 0 Å². The first-order valence-corrected chi connectivity index (χ1v) is 6.05. The standard InChI is InChI=1S/C6H4ClF3N2O4S/c7-17(14,15)4-2(11)1-3(12-5(4)13)16-6(8,9)10/h1H,(H3,11,12,13). The molecule has 0 spiro atoms. The van der Waals surface area contributed by atoms with E-state index in [0.29, 0.717) is 6.07 Å². The van der Waals surface area contributed by atoms with Gasteiger partial charge in [0.05, 0.1) is 5.69 Å². The van der Waals surface area contributed by atoms with E-state index in [0.717, 1.165) is 0 Å². The van der Waals surface area contributed by atoms with Crippen molar-refractivity contribution in [2.24, 2.45) is 0 Å². The number of aromatic amines is 1. The third-order valence-electron chi connectivity index (χ3n) is 1.46. The SMILES string of the molecule is Nc1cc(OC(F)(F)F)[nH]c(=O)c1S(=O)(=O)Cl. The van der Waals surface area contributed by atoms with Crippen LogP contribution in [-0.2, 0) is 9.05 Å². The van der Waals surface area contributed by atoms with Gasteiger partial charge in [-0.25, -0.2) is 8.42 Å². The summed E-state index contributed by atoms with van der Waals surface area (Å²) in [5, 5.41) is 0. The van der Waals surface area contributed by atoms with Crippen LogP contribution in [-0.4, -0.2) is 19.8 Å². The normalized spacial score (nSPS) is 12.5. The van der Waals surface area contributed by atoms with Crippen molar-refractivity contribution in [1.29, 1.82) is 0 Å². The second-order valence-corrected chi connectivity index (χ2v) is 5.24. The van der Waals surface area contributed by atoms with Gasteiger partial charge in [-0.3, -0.25) is 9.78 Å². The number of aromatic nitrogens is 1. The molecule has 0 atom stereocenters. The summed E-state index contributed by atoms with van der Waals surface area (Å²) < 4.78 is 60.5. The Morgan fingerprint density at radius 1 is 1.41 bits per heavy atom. The molecule has 1 rings (SSSR count). The summed E-state index contributed by atoms with van der Waals surface area (Å²) in [5.74, 6) is -1.04. The Hall–Kier alpha value is -1.42. The van der Waals surface area contributed by atoms with Gasteiger partial charge in [-0.15, -0.1) is 13.2 Å². The monoisotopic (exact) mass is 292 g/mol. The maximum atomic E-state index is 11.8. The van der Waals surface area contributed by atoms with Crippen LogP contribution >= 0.6 is 10.7 Å². The molecule has 0 bridgehead atoms. The van der Waals surface area contributed by atoms with Gasteiger partial charge in [-0.05, 0) is 0 Å². The maximum Gasteiger partial charge on any atom is 0.574 e. The van der Waals surface area contributed by atoms with E-state index in [-0.39, 0.29) is 0 Å². The molecule has 0 aromatic carbocycles. The van der Waals surface area contributed by atoms with Crippen LogP contribution < -0.4 is 16.0 Å². The van der Waals surface area contributed by atoms with E-state index in [4.69, 9.17) is 16.4 Å². The molecule has 3 N–H and O–H groups in total. The molecule has 11 heteroatoms. The Bertz CT molecular complexity index is 594. The third-order valence-corrected chi connectivity index (χ3v) is 2.83. The van der Waals surface area contributed by atoms with Crippen LogP contribution in [0.1, 0.15) is 0 Å². The van der Waals surface area contributed by atoms with Gasteiger partial charge in [-0.2, -0.15) is 0 Å². The fraction of sp³-hybridized carbons (Fsp3) is 0.167. The van der Waals surface area contributed by atoms with Crippen LogP contribution in [0.2, 0.25) is 0 Å². The molecule has 0 radical (unpaired) electrons. The van der Waals surface area contributed by atoms with Crippen molar-refractivity contribution in [2.75, 3.05) is 5.73 Å². The van der Waals surface area contributed by atoms with Gasteiger partial charge in [-0.1, -0.05) is 0 Å². The second-order valence-electron chi connectivity index (χ2n) is 2.73. The lowest BCUT2D eigenvalue weighted by atomic mass is 10.4. The van der Waals surface area contributed by atoms with Crippen LogP contribution in [0.25, 0.3) is 0 Å². The van der Waals surface area contributed by atoms with E-state index < -0.39 is 37.4 Å². The predicted molar refractivity (Wildman–Crippen MR) is 51.2 cm³/mol. The van der Waals surface area contributed by atoms with Gasteiger partial charge in [0.25, 0.3) is 14.6 Å². The Kier molecular flexibility index (Phi) is 3.30. The first-order chi connectivity index (χ1) is 7.50. The Labute approximate surface area is 96.6 Å². The molecule has 0 amide bonds. The second kappa shape index (κ2) is 4.11. The fourth-order valence-electron chi connectivity index (χ4n) is 0.974. The largest absolute Gasteiger partial charge is 0.574 e. The smallest absolute Gasteiger partial charge is 0.397 e. The first-order valence-electron chi connectivity index (χ1n) is 3.74. The summed E-state index contributed by atoms with van der Waals surface area (Å²) in [6.45, 7) is 0. The highest BCUT2D eigenvalue weighted by Gasteiger charge is 2.32. The van der Waals surface area contributed by atoms with E-state index in [1.165, 1.54) is 4.98 Å². The van der Waals surface area contributed by atoms with Gasteiger partial charge in [0, 0.05) is 16.7 Å². The van der Waals surface area contributed by atoms with Crippen LogP contribution in [0.5, 0.6) is 5.88 Å². The van der Waals surface area contributed by atoms with Crippen molar-refractivity contribution in [1.82, 2.24) is 4.98 Å². The van der Waals surface area contributed by atoms with E-state index in [2.05, 4.69) is 4.74 Å². The van der Waals surface area contributed by atoms with Gasteiger partial charge in [0.2, 0.25) is 5.88 Å². The summed E-state index contributed by atoms with van der Waals surface area (Å²) in [5.41, 5.74) is 2.95. The van der Waals surface area contributed by atoms with Gasteiger partial charge < -0.3 is 10.5 Å². The van der Waals surface area contributed by atoms with E-state index in [1.807, 2.05) is 0 Å². The lowest BCUT2D eigenvalue weighted by Crippen LogP contribution is -2.23. The molecule has 0 aliphatic rings. The summed E-state index contributed by atoms with van der Waals surface area (Å²) >= 11 is 0. The third kappa shape index (κ3) is 3.53.